The van der Waals surface area contributed by atoms with Crippen LogP contribution in [-0.4, -0.2) is 23.4 Å². The van der Waals surface area contributed by atoms with E-state index < -0.39 is 11.4 Å². The van der Waals surface area contributed by atoms with E-state index in [9.17, 15) is 10.1 Å². The minimum absolute atomic E-state index is 0.245. The summed E-state index contributed by atoms with van der Waals surface area (Å²) >= 11 is 5.77. The number of alkyl halides is 1. The zero-order valence-corrected chi connectivity index (χ0v) is 19.5. The Morgan fingerprint density at radius 2 is 2.03 bits per heavy atom. The molecule has 2 aromatic carbocycles. The van der Waals surface area contributed by atoms with E-state index in [1.165, 1.54) is 6.20 Å². The molecule has 0 unspecified atom stereocenters. The number of fused-ring (bicyclic) bond motifs is 1. The summed E-state index contributed by atoms with van der Waals surface area (Å²) in [6.07, 6.45) is 7.63. The Hall–Kier alpha value is -3.74. The van der Waals surface area contributed by atoms with Gasteiger partial charge in [0.2, 0.25) is 0 Å². The van der Waals surface area contributed by atoms with Crippen LogP contribution < -0.4 is 14.8 Å². The van der Waals surface area contributed by atoms with Crippen molar-refractivity contribution in [2.24, 2.45) is 5.41 Å². The zero-order valence-electron chi connectivity index (χ0n) is 18.7. The molecule has 0 fully saturated rings. The Balaban J connectivity index is 2.15. The van der Waals surface area contributed by atoms with Crippen molar-refractivity contribution in [3.63, 3.8) is 0 Å². The van der Waals surface area contributed by atoms with E-state index in [0.717, 1.165) is 0 Å². The SMILES string of the molecule is C#Cc1cccc(Nc2c(C#N)cnc3cc(OCCCCl)c(OC(=O)C(C)(C)C)cc23)c1. The molecule has 0 saturated carbocycles. The summed E-state index contributed by atoms with van der Waals surface area (Å²) in [5.41, 5.74) is 2.12. The van der Waals surface area contributed by atoms with Crippen LogP contribution in [-0.2, 0) is 4.79 Å². The van der Waals surface area contributed by atoms with Gasteiger partial charge in [0.05, 0.1) is 28.8 Å². The van der Waals surface area contributed by atoms with Crippen LogP contribution >= 0.6 is 11.6 Å². The molecule has 3 rings (SSSR count). The number of benzene rings is 2. The second-order valence-corrected chi connectivity index (χ2v) is 8.73. The van der Waals surface area contributed by atoms with E-state index in [-0.39, 0.29) is 5.75 Å². The van der Waals surface area contributed by atoms with Gasteiger partial charge in [-0.25, -0.2) is 0 Å². The number of nitrogens with one attached hydrogen (secondary N) is 1. The number of halogens is 1. The largest absolute Gasteiger partial charge is 0.490 e. The molecule has 3 aromatic rings. The third-order valence-electron chi connectivity index (χ3n) is 4.70. The van der Waals surface area contributed by atoms with Crippen molar-refractivity contribution >= 4 is 39.8 Å². The Bertz CT molecular complexity index is 1270. The van der Waals surface area contributed by atoms with E-state index in [4.69, 9.17) is 27.5 Å². The van der Waals surface area contributed by atoms with Crippen LogP contribution in [0.5, 0.6) is 11.5 Å². The van der Waals surface area contributed by atoms with E-state index in [1.807, 2.05) is 18.2 Å². The third kappa shape index (κ3) is 5.74. The molecule has 1 heterocycles. The van der Waals surface area contributed by atoms with Crippen molar-refractivity contribution in [3.8, 4) is 29.9 Å². The zero-order chi connectivity index (χ0) is 24.0. The van der Waals surface area contributed by atoms with Crippen molar-refractivity contribution in [1.82, 2.24) is 4.98 Å². The molecule has 0 amide bonds. The van der Waals surface area contributed by atoms with Crippen molar-refractivity contribution in [3.05, 3.63) is 53.7 Å². The molecule has 0 aliphatic carbocycles. The number of aromatic nitrogens is 1. The van der Waals surface area contributed by atoms with E-state index in [1.54, 1.807) is 39.0 Å². The summed E-state index contributed by atoms with van der Waals surface area (Å²) < 4.78 is 11.5. The first-order valence-corrected chi connectivity index (χ1v) is 10.9. The molecule has 0 aliphatic heterocycles. The van der Waals surface area contributed by atoms with E-state index in [2.05, 4.69) is 22.3 Å². The number of ether oxygens (including phenoxy) is 2. The first-order chi connectivity index (χ1) is 15.8. The van der Waals surface area contributed by atoms with Crippen molar-refractivity contribution in [2.75, 3.05) is 17.8 Å². The summed E-state index contributed by atoms with van der Waals surface area (Å²) in [4.78, 5) is 17.0. The number of carbonyl (C=O) groups is 1. The summed E-state index contributed by atoms with van der Waals surface area (Å²) in [5.74, 6) is 3.25. The first kappa shape index (κ1) is 23.9. The normalized spacial score (nSPS) is 10.8. The second kappa shape index (κ2) is 10.3. The average molecular weight is 462 g/mol. The predicted molar refractivity (Wildman–Crippen MR) is 130 cm³/mol. The Labute approximate surface area is 198 Å². The molecule has 0 radical (unpaired) electrons. The Morgan fingerprint density at radius 1 is 1.24 bits per heavy atom. The first-order valence-electron chi connectivity index (χ1n) is 10.4. The molecule has 7 heteroatoms. The molecule has 0 spiro atoms. The van der Waals surface area contributed by atoms with Gasteiger partial charge in [0, 0.05) is 34.8 Å². The number of rotatable bonds is 7. The Morgan fingerprint density at radius 3 is 2.70 bits per heavy atom. The van der Waals surface area contributed by atoms with Gasteiger partial charge in [0.25, 0.3) is 0 Å². The highest BCUT2D eigenvalue weighted by atomic mass is 35.5. The third-order valence-corrected chi connectivity index (χ3v) is 4.97. The van der Waals surface area contributed by atoms with Gasteiger partial charge in [-0.1, -0.05) is 12.0 Å². The van der Waals surface area contributed by atoms with Crippen LogP contribution in [0.4, 0.5) is 11.4 Å². The van der Waals surface area contributed by atoms with E-state index in [0.29, 0.717) is 58.1 Å². The van der Waals surface area contributed by atoms with Gasteiger partial charge in [0.1, 0.15) is 6.07 Å². The lowest BCUT2D eigenvalue weighted by Gasteiger charge is -2.19. The number of nitriles is 1. The van der Waals surface area contributed by atoms with Crippen LogP contribution in [0.2, 0.25) is 0 Å². The summed E-state index contributed by atoms with van der Waals surface area (Å²) in [6.45, 7) is 5.66. The molecule has 6 nitrogen and oxygen atoms in total. The lowest BCUT2D eigenvalue weighted by atomic mass is 9.97. The van der Waals surface area contributed by atoms with E-state index >= 15 is 0 Å². The molecule has 0 saturated heterocycles. The topological polar surface area (TPSA) is 84.2 Å². The van der Waals surface area contributed by atoms with Crippen LogP contribution in [0.15, 0.2) is 42.6 Å². The van der Waals surface area contributed by atoms with Crippen LogP contribution in [0.3, 0.4) is 0 Å². The molecule has 168 valence electrons. The smallest absolute Gasteiger partial charge is 0.316 e. The van der Waals surface area contributed by atoms with Gasteiger partial charge >= 0.3 is 5.97 Å². The number of carbonyl (C=O) groups excluding carboxylic acids is 1. The number of nitrogens with zero attached hydrogens (tertiary/aromatic N) is 2. The molecule has 0 bridgehead atoms. The molecule has 1 N–H and O–H groups in total. The van der Waals surface area contributed by atoms with Gasteiger partial charge in [0.15, 0.2) is 11.5 Å². The molecular formula is C26H24ClN3O3. The Kier molecular flexibility index (Phi) is 7.43. The van der Waals surface area contributed by atoms with Crippen molar-refractivity contribution in [2.45, 2.75) is 27.2 Å². The molecular weight excluding hydrogens is 438 g/mol. The average Bonchev–Trinajstić information content (AvgIpc) is 2.79. The minimum Gasteiger partial charge on any atom is -0.490 e. The fraction of sp³-hybridized carbons (Fsp3) is 0.269. The van der Waals surface area contributed by atoms with Gasteiger partial charge < -0.3 is 14.8 Å². The molecule has 0 aliphatic rings. The lowest BCUT2D eigenvalue weighted by molar-refractivity contribution is -0.143. The van der Waals surface area contributed by atoms with Crippen molar-refractivity contribution < 1.29 is 14.3 Å². The summed E-state index contributed by atoms with van der Waals surface area (Å²) in [6, 6.07) is 12.8. The molecule has 33 heavy (non-hydrogen) atoms. The number of hydrogen-bond donors (Lipinski definition) is 1. The number of anilines is 2. The number of terminal acetylenes is 1. The van der Waals surface area contributed by atoms with Crippen LogP contribution in [0.25, 0.3) is 10.9 Å². The van der Waals surface area contributed by atoms with Gasteiger partial charge in [-0.2, -0.15) is 5.26 Å². The summed E-state index contributed by atoms with van der Waals surface area (Å²) in [5, 5.41) is 13.6. The quantitative estimate of drug-likeness (QED) is 0.157. The number of pyridine rings is 1. The predicted octanol–water partition coefficient (Wildman–Crippen LogP) is 5.79. The fourth-order valence-corrected chi connectivity index (χ4v) is 3.04. The minimum atomic E-state index is -0.716. The molecule has 1 aromatic heterocycles. The number of hydrogen-bond acceptors (Lipinski definition) is 6. The van der Waals surface area contributed by atoms with Gasteiger partial charge in [-0.05, 0) is 51.5 Å². The second-order valence-electron chi connectivity index (χ2n) is 8.36. The molecule has 0 atom stereocenters. The van der Waals surface area contributed by atoms with Crippen molar-refractivity contribution in [1.29, 1.82) is 5.26 Å². The highest BCUT2D eigenvalue weighted by Gasteiger charge is 2.26. The van der Waals surface area contributed by atoms with Crippen LogP contribution in [0.1, 0.15) is 38.3 Å². The highest BCUT2D eigenvalue weighted by molar-refractivity contribution is 6.17. The maximum atomic E-state index is 12.6. The van der Waals surface area contributed by atoms with Gasteiger partial charge in [-0.15, -0.1) is 18.0 Å². The number of esters is 1. The maximum Gasteiger partial charge on any atom is 0.316 e. The monoisotopic (exact) mass is 461 g/mol. The van der Waals surface area contributed by atoms with Gasteiger partial charge in [-0.3, -0.25) is 9.78 Å². The van der Waals surface area contributed by atoms with Crippen LogP contribution in [0, 0.1) is 29.1 Å². The summed E-state index contributed by atoms with van der Waals surface area (Å²) in [7, 11) is 0. The highest BCUT2D eigenvalue weighted by Crippen LogP contribution is 2.38. The fourth-order valence-electron chi connectivity index (χ4n) is 2.93. The maximum absolute atomic E-state index is 12.6. The standard InChI is InChI=1S/C26H24ClN3O3/c1-5-17-8-6-9-19(12-17)30-24-18(15-28)16-29-21-14-22(32-11-7-10-27)23(13-20(21)24)33-25(31)26(2,3)4/h1,6,8-9,12-14,16H,7,10-11H2,2-4H3,(H,29,30). The lowest BCUT2D eigenvalue weighted by Crippen LogP contribution is -2.25.